The average molecular weight is 379 g/mol. The number of hydrogen-bond acceptors (Lipinski definition) is 6. The van der Waals surface area contributed by atoms with Crippen molar-refractivity contribution in [1.29, 1.82) is 0 Å². The quantitative estimate of drug-likeness (QED) is 0.562. The Bertz CT molecular complexity index is 943. The molecule has 0 unspecified atom stereocenters. The summed E-state index contributed by atoms with van der Waals surface area (Å²) >= 11 is 0. The van der Waals surface area contributed by atoms with Crippen LogP contribution >= 0.6 is 0 Å². The molecule has 0 aromatic heterocycles. The molecule has 9 nitrogen and oxygen atoms in total. The van der Waals surface area contributed by atoms with Gasteiger partial charge >= 0.3 is 0 Å². The van der Waals surface area contributed by atoms with Crippen LogP contribution in [0.3, 0.4) is 0 Å². The third-order valence-electron chi connectivity index (χ3n) is 3.18. The van der Waals surface area contributed by atoms with E-state index < -0.39 is 14.9 Å². The summed E-state index contributed by atoms with van der Waals surface area (Å²) in [7, 11) is -4.03. The lowest BCUT2D eigenvalue weighted by molar-refractivity contribution is -0.384. The number of nitro groups is 1. The number of non-ortho nitro benzene ring substituents is 1. The molecule has 0 saturated carbocycles. The van der Waals surface area contributed by atoms with Crippen molar-refractivity contribution < 1.29 is 22.9 Å². The standard InChI is InChI=1S/C16H17N3O6S/c1-3-25-16-8-7-14(10-15(16)17-11(2)20)26(23,24)18-12-5-4-6-13(9-12)19(21)22/h4-10,18H,3H2,1-2H3,(H,17,20). The molecule has 0 heterocycles. The lowest BCUT2D eigenvalue weighted by Gasteiger charge is -2.13. The molecule has 0 radical (unpaired) electrons. The van der Waals surface area contributed by atoms with Crippen molar-refractivity contribution >= 4 is 33.0 Å². The number of anilines is 2. The number of nitro benzene ring substituents is 1. The number of amides is 1. The third kappa shape index (κ3) is 4.70. The highest BCUT2D eigenvalue weighted by atomic mass is 32.2. The molecule has 26 heavy (non-hydrogen) atoms. The van der Waals surface area contributed by atoms with E-state index >= 15 is 0 Å². The van der Waals surface area contributed by atoms with E-state index in [1.165, 1.54) is 43.3 Å². The predicted molar refractivity (Wildman–Crippen MR) is 95.8 cm³/mol. The van der Waals surface area contributed by atoms with Gasteiger partial charge < -0.3 is 10.1 Å². The van der Waals surface area contributed by atoms with Gasteiger partial charge in [0.1, 0.15) is 5.75 Å². The summed E-state index contributed by atoms with van der Waals surface area (Å²) in [6.07, 6.45) is 0. The van der Waals surface area contributed by atoms with Crippen LogP contribution in [0.4, 0.5) is 17.1 Å². The summed E-state index contributed by atoms with van der Waals surface area (Å²) in [5, 5.41) is 13.3. The summed E-state index contributed by atoms with van der Waals surface area (Å²) in [6, 6.07) is 9.13. The largest absolute Gasteiger partial charge is 0.492 e. The Balaban J connectivity index is 2.37. The number of sulfonamides is 1. The van der Waals surface area contributed by atoms with Gasteiger partial charge in [0.15, 0.2) is 0 Å². The van der Waals surface area contributed by atoms with E-state index in [0.717, 1.165) is 6.07 Å². The highest BCUT2D eigenvalue weighted by Crippen LogP contribution is 2.29. The van der Waals surface area contributed by atoms with Gasteiger partial charge in [-0.15, -0.1) is 0 Å². The van der Waals surface area contributed by atoms with Crippen molar-refractivity contribution in [2.75, 3.05) is 16.6 Å². The normalized spacial score (nSPS) is 10.8. The van der Waals surface area contributed by atoms with E-state index in [0.29, 0.717) is 12.4 Å². The van der Waals surface area contributed by atoms with Gasteiger partial charge in [-0.1, -0.05) is 6.07 Å². The highest BCUT2D eigenvalue weighted by molar-refractivity contribution is 7.92. The van der Waals surface area contributed by atoms with Gasteiger partial charge in [-0.3, -0.25) is 19.6 Å². The van der Waals surface area contributed by atoms with Crippen LogP contribution in [0.2, 0.25) is 0 Å². The highest BCUT2D eigenvalue weighted by Gasteiger charge is 2.18. The summed E-state index contributed by atoms with van der Waals surface area (Å²) in [5.41, 5.74) is 0.0197. The summed E-state index contributed by atoms with van der Waals surface area (Å²) < 4.78 is 32.7. The Hall–Kier alpha value is -3.14. The molecule has 138 valence electrons. The number of carbonyl (C=O) groups excluding carboxylic acids is 1. The Morgan fingerprint density at radius 2 is 1.96 bits per heavy atom. The fraction of sp³-hybridized carbons (Fsp3) is 0.188. The van der Waals surface area contributed by atoms with Crippen molar-refractivity contribution in [2.45, 2.75) is 18.7 Å². The molecule has 0 fully saturated rings. The Morgan fingerprint density at radius 1 is 1.23 bits per heavy atom. The van der Waals surface area contributed by atoms with Crippen LogP contribution in [0.1, 0.15) is 13.8 Å². The molecule has 0 atom stereocenters. The molecule has 2 N–H and O–H groups in total. The first-order valence-corrected chi connectivity index (χ1v) is 9.03. The van der Waals surface area contributed by atoms with Crippen LogP contribution in [0.15, 0.2) is 47.4 Å². The zero-order valence-electron chi connectivity index (χ0n) is 14.1. The first kappa shape index (κ1) is 19.2. The van der Waals surface area contributed by atoms with Crippen LogP contribution < -0.4 is 14.8 Å². The van der Waals surface area contributed by atoms with E-state index in [-0.39, 0.29) is 27.9 Å². The number of carbonyl (C=O) groups is 1. The molecule has 0 bridgehead atoms. The van der Waals surface area contributed by atoms with Crippen LogP contribution in [0.5, 0.6) is 5.75 Å². The van der Waals surface area contributed by atoms with E-state index in [2.05, 4.69) is 10.0 Å². The summed E-state index contributed by atoms with van der Waals surface area (Å²) in [6.45, 7) is 3.38. The van der Waals surface area contributed by atoms with Crippen LogP contribution in [-0.2, 0) is 14.8 Å². The van der Waals surface area contributed by atoms with Crippen molar-refractivity contribution in [3.8, 4) is 5.75 Å². The van der Waals surface area contributed by atoms with Gasteiger partial charge in [-0.2, -0.15) is 0 Å². The summed E-state index contributed by atoms with van der Waals surface area (Å²) in [5.74, 6) is -0.0517. The maximum Gasteiger partial charge on any atom is 0.271 e. The van der Waals surface area contributed by atoms with Gasteiger partial charge in [0, 0.05) is 19.1 Å². The molecule has 0 saturated heterocycles. The Morgan fingerprint density at radius 3 is 2.58 bits per heavy atom. The lowest BCUT2D eigenvalue weighted by atomic mass is 10.3. The second-order valence-electron chi connectivity index (χ2n) is 5.19. The van der Waals surface area contributed by atoms with E-state index in [1.54, 1.807) is 6.92 Å². The minimum Gasteiger partial charge on any atom is -0.492 e. The third-order valence-corrected chi connectivity index (χ3v) is 4.56. The molecule has 2 aromatic rings. The second-order valence-corrected chi connectivity index (χ2v) is 6.87. The Kier molecular flexibility index (Phi) is 5.78. The lowest BCUT2D eigenvalue weighted by Crippen LogP contribution is -2.14. The summed E-state index contributed by atoms with van der Waals surface area (Å²) in [4.78, 5) is 21.4. The number of nitrogens with one attached hydrogen (secondary N) is 2. The minimum atomic E-state index is -4.03. The average Bonchev–Trinajstić information content (AvgIpc) is 2.56. The van der Waals surface area contributed by atoms with Gasteiger partial charge in [-0.25, -0.2) is 8.42 Å². The van der Waals surface area contributed by atoms with Crippen molar-refractivity contribution in [3.63, 3.8) is 0 Å². The van der Waals surface area contributed by atoms with E-state index in [1.807, 2.05) is 0 Å². The van der Waals surface area contributed by atoms with E-state index in [9.17, 15) is 23.3 Å². The maximum atomic E-state index is 12.6. The number of hydrogen-bond donors (Lipinski definition) is 2. The molecule has 2 aromatic carbocycles. The zero-order chi connectivity index (χ0) is 19.3. The van der Waals surface area contributed by atoms with Crippen LogP contribution in [0.25, 0.3) is 0 Å². The molecule has 10 heteroatoms. The van der Waals surface area contributed by atoms with Crippen molar-refractivity contribution in [3.05, 3.63) is 52.6 Å². The fourth-order valence-electron chi connectivity index (χ4n) is 2.14. The maximum absolute atomic E-state index is 12.6. The SMILES string of the molecule is CCOc1ccc(S(=O)(=O)Nc2cccc([N+](=O)[O-])c2)cc1NC(C)=O. The topological polar surface area (TPSA) is 128 Å². The number of benzene rings is 2. The fourth-order valence-corrected chi connectivity index (χ4v) is 3.22. The van der Waals surface area contributed by atoms with Gasteiger partial charge in [0.2, 0.25) is 5.91 Å². The Labute approximate surface area is 150 Å². The number of rotatable bonds is 7. The second kappa shape index (κ2) is 7.83. The molecule has 2 rings (SSSR count). The smallest absolute Gasteiger partial charge is 0.271 e. The first-order valence-electron chi connectivity index (χ1n) is 7.54. The number of nitrogens with zero attached hydrogens (tertiary/aromatic N) is 1. The van der Waals surface area contributed by atoms with Gasteiger partial charge in [0.05, 0.1) is 27.8 Å². The van der Waals surface area contributed by atoms with Crippen LogP contribution in [-0.4, -0.2) is 25.9 Å². The predicted octanol–water partition coefficient (Wildman–Crippen LogP) is 2.75. The molecule has 0 aliphatic rings. The number of ether oxygens (including phenoxy) is 1. The monoisotopic (exact) mass is 379 g/mol. The molecular formula is C16H17N3O6S. The van der Waals surface area contributed by atoms with Gasteiger partial charge in [-0.05, 0) is 31.2 Å². The molecule has 0 spiro atoms. The zero-order valence-corrected chi connectivity index (χ0v) is 14.9. The minimum absolute atomic E-state index is 0.0501. The molecule has 0 aliphatic carbocycles. The molecule has 0 aliphatic heterocycles. The van der Waals surface area contributed by atoms with Crippen molar-refractivity contribution in [2.24, 2.45) is 0 Å². The van der Waals surface area contributed by atoms with E-state index in [4.69, 9.17) is 4.74 Å². The molecule has 1 amide bonds. The van der Waals surface area contributed by atoms with Crippen LogP contribution in [0, 0.1) is 10.1 Å². The molecular weight excluding hydrogens is 362 g/mol. The van der Waals surface area contributed by atoms with Gasteiger partial charge in [0.25, 0.3) is 15.7 Å². The first-order chi connectivity index (χ1) is 12.2. The van der Waals surface area contributed by atoms with Crippen molar-refractivity contribution in [1.82, 2.24) is 0 Å².